The number of nitrogens with one attached hydrogen (secondary N) is 1. The molecule has 0 amide bonds. The fraction of sp³-hybridized carbons (Fsp3) is 0.231. The van der Waals surface area contributed by atoms with Gasteiger partial charge in [-0.25, -0.2) is 14.1 Å². The van der Waals surface area contributed by atoms with Crippen molar-refractivity contribution in [2.24, 2.45) is 0 Å². The van der Waals surface area contributed by atoms with Gasteiger partial charge in [0.15, 0.2) is 0 Å². The minimum Gasteiger partial charge on any atom is -0.322 e. The molecule has 4 nitrogen and oxygen atoms in total. The molecular weight excluding hydrogens is 263 g/mol. The predicted molar refractivity (Wildman–Crippen MR) is 74.2 cm³/mol. The van der Waals surface area contributed by atoms with E-state index in [4.69, 9.17) is 0 Å². The van der Waals surface area contributed by atoms with Crippen molar-refractivity contribution in [3.05, 3.63) is 36.4 Å². The second-order valence-corrected chi connectivity index (χ2v) is 5.30. The maximum absolute atomic E-state index is 13.9. The molecule has 0 aliphatic heterocycles. The molecule has 98 valence electrons. The second kappa shape index (κ2) is 5.05. The van der Waals surface area contributed by atoms with E-state index in [-0.39, 0.29) is 5.82 Å². The van der Waals surface area contributed by atoms with E-state index in [0.29, 0.717) is 16.4 Å². The molecule has 0 spiro atoms. The van der Waals surface area contributed by atoms with Crippen LogP contribution < -0.4 is 0 Å². The zero-order valence-electron chi connectivity index (χ0n) is 10.4. The Morgan fingerprint density at radius 3 is 3.05 bits per heavy atom. The third-order valence-corrected chi connectivity index (χ3v) is 3.94. The molecule has 1 aromatic carbocycles. The van der Waals surface area contributed by atoms with E-state index in [9.17, 15) is 4.39 Å². The SMILES string of the molecule is CCCSc1cc2nc(-n3cccn3)[nH]c2cc1F. The maximum Gasteiger partial charge on any atom is 0.229 e. The van der Waals surface area contributed by atoms with Gasteiger partial charge in [-0.05, 0) is 24.3 Å². The number of hydrogen-bond donors (Lipinski definition) is 1. The largest absolute Gasteiger partial charge is 0.322 e. The van der Waals surface area contributed by atoms with Gasteiger partial charge in [0.05, 0.1) is 11.0 Å². The highest BCUT2D eigenvalue weighted by atomic mass is 32.2. The van der Waals surface area contributed by atoms with Gasteiger partial charge in [-0.2, -0.15) is 5.10 Å². The van der Waals surface area contributed by atoms with E-state index in [0.717, 1.165) is 17.7 Å². The molecule has 0 saturated heterocycles. The number of aromatic amines is 1. The normalized spacial score (nSPS) is 11.3. The van der Waals surface area contributed by atoms with Gasteiger partial charge in [-0.1, -0.05) is 6.92 Å². The summed E-state index contributed by atoms with van der Waals surface area (Å²) in [5, 5.41) is 4.10. The van der Waals surface area contributed by atoms with Crippen LogP contribution in [0.25, 0.3) is 17.0 Å². The van der Waals surface area contributed by atoms with Crippen LogP contribution >= 0.6 is 11.8 Å². The Kier molecular flexibility index (Phi) is 3.25. The fourth-order valence-corrected chi connectivity index (χ4v) is 2.64. The smallest absolute Gasteiger partial charge is 0.229 e. The topological polar surface area (TPSA) is 46.5 Å². The van der Waals surface area contributed by atoms with Crippen LogP contribution in [0, 0.1) is 5.82 Å². The summed E-state index contributed by atoms with van der Waals surface area (Å²) in [6.45, 7) is 2.08. The number of fused-ring (bicyclic) bond motifs is 1. The van der Waals surface area contributed by atoms with Crippen LogP contribution in [0.3, 0.4) is 0 Å². The second-order valence-electron chi connectivity index (χ2n) is 4.16. The number of aromatic nitrogens is 4. The fourth-order valence-electron chi connectivity index (χ4n) is 1.82. The minimum absolute atomic E-state index is 0.207. The van der Waals surface area contributed by atoms with Gasteiger partial charge in [0.2, 0.25) is 5.95 Å². The van der Waals surface area contributed by atoms with Crippen molar-refractivity contribution in [1.82, 2.24) is 19.7 Å². The zero-order chi connectivity index (χ0) is 13.2. The monoisotopic (exact) mass is 276 g/mol. The molecule has 3 rings (SSSR count). The molecule has 0 atom stereocenters. The van der Waals surface area contributed by atoms with Crippen molar-refractivity contribution >= 4 is 22.8 Å². The molecule has 19 heavy (non-hydrogen) atoms. The average Bonchev–Trinajstić information content (AvgIpc) is 3.04. The maximum atomic E-state index is 13.9. The highest BCUT2D eigenvalue weighted by Gasteiger charge is 2.10. The first-order valence-corrected chi connectivity index (χ1v) is 7.08. The number of rotatable bonds is 4. The Balaban J connectivity index is 2.03. The number of imidazole rings is 1. The summed E-state index contributed by atoms with van der Waals surface area (Å²) in [4.78, 5) is 8.14. The number of H-pyrrole nitrogens is 1. The van der Waals surface area contributed by atoms with E-state index in [1.165, 1.54) is 17.8 Å². The molecule has 0 saturated carbocycles. The lowest BCUT2D eigenvalue weighted by Crippen LogP contribution is -1.95. The van der Waals surface area contributed by atoms with Gasteiger partial charge in [0.25, 0.3) is 0 Å². The van der Waals surface area contributed by atoms with E-state index in [1.54, 1.807) is 23.1 Å². The molecule has 0 fully saturated rings. The van der Waals surface area contributed by atoms with Crippen molar-refractivity contribution in [1.29, 1.82) is 0 Å². The molecule has 2 heterocycles. The standard InChI is InChI=1S/C13H13FN4S/c1-2-6-19-12-8-11-10(7-9(12)14)16-13(17-11)18-5-3-4-15-18/h3-5,7-8H,2,6H2,1H3,(H,16,17). The van der Waals surface area contributed by atoms with Crippen LogP contribution in [0.15, 0.2) is 35.5 Å². The summed E-state index contributed by atoms with van der Waals surface area (Å²) >= 11 is 1.52. The lowest BCUT2D eigenvalue weighted by molar-refractivity contribution is 0.604. The summed E-state index contributed by atoms with van der Waals surface area (Å²) in [6.07, 6.45) is 4.48. The van der Waals surface area contributed by atoms with Gasteiger partial charge in [-0.3, -0.25) is 0 Å². The van der Waals surface area contributed by atoms with E-state index in [2.05, 4.69) is 22.0 Å². The molecular formula is C13H13FN4S. The van der Waals surface area contributed by atoms with E-state index < -0.39 is 0 Å². The average molecular weight is 276 g/mol. The quantitative estimate of drug-likeness (QED) is 0.743. The summed E-state index contributed by atoms with van der Waals surface area (Å²) in [6, 6.07) is 5.10. The zero-order valence-corrected chi connectivity index (χ0v) is 11.2. The van der Waals surface area contributed by atoms with Crippen LogP contribution in [0.5, 0.6) is 0 Å². The van der Waals surface area contributed by atoms with Crippen molar-refractivity contribution in [2.75, 3.05) is 5.75 Å². The first kappa shape index (κ1) is 12.2. The van der Waals surface area contributed by atoms with Crippen molar-refractivity contribution < 1.29 is 4.39 Å². The molecule has 1 N–H and O–H groups in total. The van der Waals surface area contributed by atoms with Gasteiger partial charge in [0.1, 0.15) is 5.82 Å². The Bertz CT molecular complexity index is 690. The lowest BCUT2D eigenvalue weighted by Gasteiger charge is -2.01. The van der Waals surface area contributed by atoms with Crippen molar-refractivity contribution in [2.45, 2.75) is 18.2 Å². The first-order valence-electron chi connectivity index (χ1n) is 6.10. The minimum atomic E-state index is -0.207. The number of hydrogen-bond acceptors (Lipinski definition) is 3. The molecule has 0 aliphatic rings. The number of nitrogens with zero attached hydrogens (tertiary/aromatic N) is 3. The van der Waals surface area contributed by atoms with Gasteiger partial charge in [0, 0.05) is 23.4 Å². The van der Waals surface area contributed by atoms with Crippen molar-refractivity contribution in [3.63, 3.8) is 0 Å². The lowest BCUT2D eigenvalue weighted by atomic mass is 10.3. The summed E-state index contributed by atoms with van der Waals surface area (Å²) in [5.41, 5.74) is 1.44. The van der Waals surface area contributed by atoms with Crippen LogP contribution in [0.2, 0.25) is 0 Å². The summed E-state index contributed by atoms with van der Waals surface area (Å²) in [5.74, 6) is 1.29. The Morgan fingerprint density at radius 1 is 1.42 bits per heavy atom. The molecule has 0 bridgehead atoms. The van der Waals surface area contributed by atoms with Crippen LogP contribution in [-0.2, 0) is 0 Å². The third kappa shape index (κ3) is 2.35. The molecule has 3 aromatic rings. The molecule has 0 unspecified atom stereocenters. The third-order valence-electron chi connectivity index (χ3n) is 2.71. The van der Waals surface area contributed by atoms with E-state index >= 15 is 0 Å². The Labute approximate surface area is 114 Å². The van der Waals surface area contributed by atoms with Gasteiger partial charge in [-0.15, -0.1) is 11.8 Å². The Morgan fingerprint density at radius 2 is 2.32 bits per heavy atom. The van der Waals surface area contributed by atoms with Crippen LogP contribution in [0.4, 0.5) is 4.39 Å². The highest BCUT2D eigenvalue weighted by Crippen LogP contribution is 2.27. The predicted octanol–water partition coefficient (Wildman–Crippen LogP) is 3.39. The van der Waals surface area contributed by atoms with Crippen LogP contribution in [-0.4, -0.2) is 25.5 Å². The summed E-state index contributed by atoms with van der Waals surface area (Å²) in [7, 11) is 0. The molecule has 6 heteroatoms. The molecule has 0 radical (unpaired) electrons. The van der Waals surface area contributed by atoms with E-state index in [1.807, 2.05) is 6.07 Å². The summed E-state index contributed by atoms with van der Waals surface area (Å²) < 4.78 is 15.5. The number of benzene rings is 1. The number of thioether (sulfide) groups is 1. The van der Waals surface area contributed by atoms with Gasteiger partial charge < -0.3 is 4.98 Å². The molecule has 0 aliphatic carbocycles. The molecule has 2 aromatic heterocycles. The van der Waals surface area contributed by atoms with Crippen molar-refractivity contribution in [3.8, 4) is 5.95 Å². The van der Waals surface area contributed by atoms with Gasteiger partial charge >= 0.3 is 0 Å². The van der Waals surface area contributed by atoms with Crippen LogP contribution in [0.1, 0.15) is 13.3 Å². The first-order chi connectivity index (χ1) is 9.28. The number of halogens is 1. The highest BCUT2D eigenvalue weighted by molar-refractivity contribution is 7.99. The Hall–Kier alpha value is -1.82.